The van der Waals surface area contributed by atoms with Crippen LogP contribution < -0.4 is 10.2 Å². The van der Waals surface area contributed by atoms with Crippen molar-refractivity contribution < 1.29 is 5.11 Å². The molecule has 1 fully saturated rings. The summed E-state index contributed by atoms with van der Waals surface area (Å²) in [5, 5.41) is 19.4. The second kappa shape index (κ2) is 8.53. The van der Waals surface area contributed by atoms with Crippen molar-refractivity contribution in [1.29, 1.82) is 0 Å². The number of hydrogen-bond donors (Lipinski definition) is 3. The molecule has 0 radical (unpaired) electrons. The van der Waals surface area contributed by atoms with Gasteiger partial charge in [-0.3, -0.25) is 4.90 Å². The summed E-state index contributed by atoms with van der Waals surface area (Å²) in [6, 6.07) is 14.3. The number of H-pyrrole nitrogens is 1. The van der Waals surface area contributed by atoms with Gasteiger partial charge in [-0.1, -0.05) is 6.07 Å². The number of aromatic nitrogens is 5. The highest BCUT2D eigenvalue weighted by Crippen LogP contribution is 2.30. The predicted molar refractivity (Wildman–Crippen MR) is 143 cm³/mol. The van der Waals surface area contributed by atoms with Crippen molar-refractivity contribution >= 4 is 33.6 Å². The molecule has 9 heteroatoms. The molecule has 9 nitrogen and oxygen atoms in total. The zero-order valence-electron chi connectivity index (χ0n) is 20.7. The van der Waals surface area contributed by atoms with Crippen LogP contribution in [-0.4, -0.2) is 66.3 Å². The third kappa shape index (κ3) is 4.01. The SMILES string of the molecule is CC(C)(C)N1CCN(c2ccc(Nc3ncc(-c4ccc5c(O)[nH]cc5c4)n4ncnc34)cc2)CC1. The average Bonchev–Trinajstić information content (AvgIpc) is 3.52. The maximum Gasteiger partial charge on any atom is 0.199 e. The molecule has 4 heterocycles. The molecule has 0 bridgehead atoms. The molecular formula is C27H30N8O. The van der Waals surface area contributed by atoms with Crippen LogP contribution in [0.1, 0.15) is 20.8 Å². The molecule has 1 saturated heterocycles. The molecule has 1 aliphatic heterocycles. The number of aromatic hydroxyl groups is 1. The summed E-state index contributed by atoms with van der Waals surface area (Å²) >= 11 is 0. The molecule has 0 spiro atoms. The van der Waals surface area contributed by atoms with Gasteiger partial charge < -0.3 is 20.3 Å². The average molecular weight is 483 g/mol. The van der Waals surface area contributed by atoms with E-state index >= 15 is 0 Å². The zero-order valence-corrected chi connectivity index (χ0v) is 20.7. The van der Waals surface area contributed by atoms with Crippen molar-refractivity contribution in [1.82, 2.24) is 29.5 Å². The number of rotatable bonds is 4. The Hall–Kier alpha value is -4.11. The van der Waals surface area contributed by atoms with E-state index in [9.17, 15) is 5.11 Å². The van der Waals surface area contributed by atoms with Crippen LogP contribution in [0.15, 0.2) is 61.2 Å². The van der Waals surface area contributed by atoms with Crippen LogP contribution in [-0.2, 0) is 0 Å². The Kier molecular flexibility index (Phi) is 5.30. The summed E-state index contributed by atoms with van der Waals surface area (Å²) in [6.07, 6.45) is 5.11. The van der Waals surface area contributed by atoms with Gasteiger partial charge in [-0.25, -0.2) is 14.5 Å². The van der Waals surface area contributed by atoms with Crippen LogP contribution in [0.3, 0.4) is 0 Å². The highest BCUT2D eigenvalue weighted by Gasteiger charge is 2.25. The van der Waals surface area contributed by atoms with Crippen molar-refractivity contribution in [2.45, 2.75) is 26.3 Å². The van der Waals surface area contributed by atoms with Gasteiger partial charge >= 0.3 is 0 Å². The Morgan fingerprint density at radius 1 is 0.972 bits per heavy atom. The highest BCUT2D eigenvalue weighted by atomic mass is 16.3. The van der Waals surface area contributed by atoms with E-state index in [0.29, 0.717) is 11.5 Å². The number of anilines is 3. The van der Waals surface area contributed by atoms with Crippen molar-refractivity contribution in [2.24, 2.45) is 0 Å². The fourth-order valence-electron chi connectivity index (χ4n) is 4.91. The largest absolute Gasteiger partial charge is 0.494 e. The topological polar surface area (TPSA) is 97.6 Å². The van der Waals surface area contributed by atoms with Gasteiger partial charge in [0.15, 0.2) is 17.3 Å². The van der Waals surface area contributed by atoms with Gasteiger partial charge in [0.1, 0.15) is 6.33 Å². The number of hydrogen-bond acceptors (Lipinski definition) is 7. The molecule has 6 rings (SSSR count). The Morgan fingerprint density at radius 2 is 1.75 bits per heavy atom. The van der Waals surface area contributed by atoms with Crippen LogP contribution in [0.5, 0.6) is 5.88 Å². The first-order valence-corrected chi connectivity index (χ1v) is 12.2. The highest BCUT2D eigenvalue weighted by molar-refractivity contribution is 5.91. The van der Waals surface area contributed by atoms with Crippen molar-refractivity contribution in [3.8, 4) is 17.1 Å². The fraction of sp³-hybridized carbons (Fsp3) is 0.296. The van der Waals surface area contributed by atoms with E-state index in [1.54, 1.807) is 16.9 Å². The van der Waals surface area contributed by atoms with Crippen molar-refractivity contribution in [3.63, 3.8) is 0 Å². The molecule has 3 N–H and O–H groups in total. The van der Waals surface area contributed by atoms with Crippen LogP contribution in [0, 0.1) is 0 Å². The molecule has 5 aromatic rings. The number of fused-ring (bicyclic) bond motifs is 2. The van der Waals surface area contributed by atoms with Gasteiger partial charge in [0.25, 0.3) is 0 Å². The lowest BCUT2D eigenvalue weighted by Crippen LogP contribution is -2.53. The smallest absolute Gasteiger partial charge is 0.199 e. The van der Waals surface area contributed by atoms with E-state index < -0.39 is 0 Å². The molecule has 0 amide bonds. The fourth-order valence-corrected chi connectivity index (χ4v) is 4.91. The quantitative estimate of drug-likeness (QED) is 0.343. The minimum atomic E-state index is 0.165. The summed E-state index contributed by atoms with van der Waals surface area (Å²) in [5.41, 5.74) is 4.80. The molecule has 3 aromatic heterocycles. The lowest BCUT2D eigenvalue weighted by atomic mass is 10.0. The summed E-state index contributed by atoms with van der Waals surface area (Å²) in [7, 11) is 0. The standard InChI is InChI=1S/C27H30N8O/c1-27(2,3)34-12-10-33(11-13-34)21-7-5-20(6-8-21)32-24-25-30-17-31-35(25)23(16-28-24)18-4-9-22-19(14-18)15-29-26(22)36/h4-9,14-17,29,36H,10-13H2,1-3H3,(H,28,32). The van der Waals surface area contributed by atoms with Crippen molar-refractivity contribution in [3.05, 3.63) is 61.2 Å². The monoisotopic (exact) mass is 482 g/mol. The Bertz CT molecular complexity index is 1520. The van der Waals surface area contributed by atoms with E-state index in [1.807, 2.05) is 18.2 Å². The van der Waals surface area contributed by atoms with E-state index in [0.717, 1.165) is 53.9 Å². The maximum atomic E-state index is 9.91. The molecule has 184 valence electrons. The predicted octanol–water partition coefficient (Wildman–Crippen LogP) is 4.64. The van der Waals surface area contributed by atoms with Gasteiger partial charge in [-0.05, 0) is 57.2 Å². The van der Waals surface area contributed by atoms with Gasteiger partial charge in [-0.2, -0.15) is 5.10 Å². The van der Waals surface area contributed by atoms with Crippen LogP contribution >= 0.6 is 0 Å². The minimum absolute atomic E-state index is 0.165. The molecule has 2 aromatic carbocycles. The molecule has 0 saturated carbocycles. The lowest BCUT2D eigenvalue weighted by Gasteiger charge is -2.43. The molecule has 36 heavy (non-hydrogen) atoms. The van der Waals surface area contributed by atoms with Crippen LogP contribution in [0.2, 0.25) is 0 Å². The first kappa shape index (κ1) is 22.4. The lowest BCUT2D eigenvalue weighted by molar-refractivity contribution is 0.128. The zero-order chi connectivity index (χ0) is 24.9. The first-order valence-electron chi connectivity index (χ1n) is 12.2. The van der Waals surface area contributed by atoms with Crippen LogP contribution in [0.4, 0.5) is 17.2 Å². The second-order valence-electron chi connectivity index (χ2n) is 10.2. The summed E-state index contributed by atoms with van der Waals surface area (Å²) in [5.74, 6) is 0.807. The van der Waals surface area contributed by atoms with E-state index in [4.69, 9.17) is 0 Å². The molecule has 0 aliphatic carbocycles. The van der Waals surface area contributed by atoms with Gasteiger partial charge in [0.2, 0.25) is 0 Å². The number of benzene rings is 2. The summed E-state index contributed by atoms with van der Waals surface area (Å²) in [6.45, 7) is 11.0. The number of nitrogens with zero attached hydrogens (tertiary/aromatic N) is 6. The van der Waals surface area contributed by atoms with E-state index in [2.05, 4.69) is 80.2 Å². The Balaban J connectivity index is 1.21. The number of nitrogens with one attached hydrogen (secondary N) is 2. The number of aromatic amines is 1. The van der Waals surface area contributed by atoms with Gasteiger partial charge in [0, 0.05) is 65.6 Å². The molecule has 1 aliphatic rings. The molecular weight excluding hydrogens is 452 g/mol. The third-order valence-corrected chi connectivity index (χ3v) is 6.99. The third-order valence-electron chi connectivity index (χ3n) is 6.99. The molecule has 0 unspecified atom stereocenters. The summed E-state index contributed by atoms with van der Waals surface area (Å²) in [4.78, 5) is 17.0. The minimum Gasteiger partial charge on any atom is -0.494 e. The van der Waals surface area contributed by atoms with Gasteiger partial charge in [0.05, 0.1) is 11.9 Å². The first-order chi connectivity index (χ1) is 17.4. The summed E-state index contributed by atoms with van der Waals surface area (Å²) < 4.78 is 1.78. The maximum absolute atomic E-state index is 9.91. The normalized spacial score (nSPS) is 15.1. The molecule has 0 atom stereocenters. The van der Waals surface area contributed by atoms with Crippen molar-refractivity contribution in [2.75, 3.05) is 36.4 Å². The van der Waals surface area contributed by atoms with E-state index in [-0.39, 0.29) is 11.4 Å². The van der Waals surface area contributed by atoms with E-state index in [1.165, 1.54) is 12.0 Å². The Labute approximate surface area is 209 Å². The second-order valence-corrected chi connectivity index (χ2v) is 10.2. The van der Waals surface area contributed by atoms with Crippen LogP contribution in [0.25, 0.3) is 27.7 Å². The Morgan fingerprint density at radius 3 is 2.50 bits per heavy atom. The number of piperazine rings is 1. The van der Waals surface area contributed by atoms with Gasteiger partial charge in [-0.15, -0.1) is 0 Å².